The van der Waals surface area contributed by atoms with E-state index in [1.807, 2.05) is 12.1 Å². The van der Waals surface area contributed by atoms with E-state index in [1.165, 1.54) is 43.0 Å². The molecule has 1 atom stereocenters. The van der Waals surface area contributed by atoms with Crippen LogP contribution < -0.4 is 25.0 Å². The molecular weight excluding hydrogens is 823 g/mol. The SMILES string of the molecule is O=C(NS(=O)(=O)c1cnc(NCC2CCOCC2)c([N+](=O)[O-])c1)c1ccc(N2CCC3(CC2)CC(N2CCNC[C@H]2c2ccccc2C2CC2)C3)cc1Oc1cnc2[nH]ccc2c1. The molecule has 3 aromatic heterocycles. The van der Waals surface area contributed by atoms with Crippen molar-refractivity contribution in [2.24, 2.45) is 11.3 Å². The number of hydrogen-bond acceptors (Lipinski definition) is 13. The van der Waals surface area contributed by atoms with Gasteiger partial charge in [-0.05, 0) is 104 Å². The number of piperazine rings is 1. The zero-order chi connectivity index (χ0) is 43.1. The van der Waals surface area contributed by atoms with Crippen LogP contribution in [0, 0.1) is 21.4 Å². The Hall–Kier alpha value is -5.62. The summed E-state index contributed by atoms with van der Waals surface area (Å²) in [6.45, 7) is 6.39. The number of amides is 1. The van der Waals surface area contributed by atoms with Crippen LogP contribution in [0.3, 0.4) is 0 Å². The molecule has 4 N–H and O–H groups in total. The molecule has 1 amide bonds. The van der Waals surface area contributed by atoms with Crippen LogP contribution in [0.5, 0.6) is 11.5 Å². The predicted octanol–water partition coefficient (Wildman–Crippen LogP) is 6.89. The van der Waals surface area contributed by atoms with Crippen LogP contribution in [0.15, 0.2) is 84.1 Å². The van der Waals surface area contributed by atoms with Gasteiger partial charge in [0, 0.05) is 94.0 Å². The summed E-state index contributed by atoms with van der Waals surface area (Å²) in [6.07, 6.45) is 13.0. The smallest absolute Gasteiger partial charge is 0.312 e. The third-order valence-corrected chi connectivity index (χ3v) is 15.2. The summed E-state index contributed by atoms with van der Waals surface area (Å²) < 4.78 is 41.2. The van der Waals surface area contributed by atoms with Crippen molar-refractivity contribution in [3.05, 3.63) is 106 Å². The molecule has 17 heteroatoms. The summed E-state index contributed by atoms with van der Waals surface area (Å²) in [5, 5.41) is 19.5. The molecule has 6 heterocycles. The third-order valence-electron chi connectivity index (χ3n) is 13.9. The van der Waals surface area contributed by atoms with Gasteiger partial charge in [-0.2, -0.15) is 0 Å². The van der Waals surface area contributed by atoms with E-state index in [2.05, 4.69) is 64.4 Å². The number of rotatable bonds is 13. The van der Waals surface area contributed by atoms with Gasteiger partial charge < -0.3 is 30.0 Å². The van der Waals surface area contributed by atoms with Gasteiger partial charge in [0.25, 0.3) is 15.9 Å². The molecule has 3 aliphatic heterocycles. The standard InChI is InChI=1S/C46H53N9O7S/c56-45(52-63(59,60)36-23-40(55(57)58)44(51-28-36)49-26-30-10-19-61-20-11-30)39-8-7-33(22-42(39)62-35-21-32-9-14-48-43(32)50-27-35)53-16-12-46(13-17-53)24-34(25-46)54-18-15-47-29-41(54)38-4-2-1-3-37(38)31-5-6-31/h1-4,7-9,14,21-23,27-28,30-31,34,41,47H,5-6,10-13,15-20,24-26,29H2,(H,48,50)(H,49,51)(H,52,56)/t41-/m0/s1. The maximum Gasteiger partial charge on any atom is 0.312 e. The first kappa shape index (κ1) is 41.4. The van der Waals surface area contributed by atoms with Crippen LogP contribution in [0.4, 0.5) is 17.2 Å². The average molecular weight is 876 g/mol. The lowest BCUT2D eigenvalue weighted by Crippen LogP contribution is -2.59. The molecule has 10 rings (SSSR count). The number of nitrogens with one attached hydrogen (secondary N) is 4. The molecule has 0 unspecified atom stereocenters. The van der Waals surface area contributed by atoms with Crippen molar-refractivity contribution in [1.82, 2.24) is 29.9 Å². The van der Waals surface area contributed by atoms with Gasteiger partial charge in [0.1, 0.15) is 22.0 Å². The molecule has 5 fully saturated rings. The number of sulfonamides is 1. The fourth-order valence-electron chi connectivity index (χ4n) is 10.2. The topological polar surface area (TPSA) is 197 Å². The molecule has 16 nitrogen and oxygen atoms in total. The number of hydrogen-bond donors (Lipinski definition) is 4. The van der Waals surface area contributed by atoms with Gasteiger partial charge >= 0.3 is 5.69 Å². The van der Waals surface area contributed by atoms with Gasteiger partial charge in [0.15, 0.2) is 0 Å². The van der Waals surface area contributed by atoms with Crippen molar-refractivity contribution in [3.8, 4) is 11.5 Å². The van der Waals surface area contributed by atoms with Gasteiger partial charge in [0.2, 0.25) is 5.82 Å². The highest BCUT2D eigenvalue weighted by Crippen LogP contribution is 2.53. The summed E-state index contributed by atoms with van der Waals surface area (Å²) >= 11 is 0. The van der Waals surface area contributed by atoms with Crippen LogP contribution in [0.2, 0.25) is 0 Å². The van der Waals surface area contributed by atoms with Crippen molar-refractivity contribution < 1.29 is 27.6 Å². The van der Waals surface area contributed by atoms with Crippen molar-refractivity contribution in [2.45, 2.75) is 74.3 Å². The van der Waals surface area contributed by atoms with Gasteiger partial charge in [-0.15, -0.1) is 0 Å². The number of aromatic nitrogens is 3. The number of carbonyl (C=O) groups excluding carboxylic acids is 1. The minimum absolute atomic E-state index is 0.0298. The Bertz CT molecular complexity index is 2610. The number of H-pyrrole nitrogens is 1. The van der Waals surface area contributed by atoms with Crippen LogP contribution in [-0.4, -0.2) is 97.6 Å². The van der Waals surface area contributed by atoms with E-state index in [4.69, 9.17) is 9.47 Å². The Balaban J connectivity index is 0.843. The van der Waals surface area contributed by atoms with E-state index >= 15 is 0 Å². The lowest BCUT2D eigenvalue weighted by Gasteiger charge is -2.57. The van der Waals surface area contributed by atoms with Crippen LogP contribution in [0.25, 0.3) is 11.0 Å². The molecule has 5 aromatic rings. The Labute approximate surface area is 366 Å². The lowest BCUT2D eigenvalue weighted by molar-refractivity contribution is -0.384. The molecule has 1 spiro atoms. The number of nitrogens with zero attached hydrogens (tertiary/aromatic N) is 5. The second kappa shape index (κ2) is 17.2. The van der Waals surface area contributed by atoms with Gasteiger partial charge in [-0.25, -0.2) is 23.1 Å². The third kappa shape index (κ3) is 8.71. The van der Waals surface area contributed by atoms with E-state index < -0.39 is 31.4 Å². The van der Waals surface area contributed by atoms with Crippen LogP contribution in [-0.2, 0) is 14.8 Å². The molecule has 330 valence electrons. The number of benzene rings is 2. The summed E-state index contributed by atoms with van der Waals surface area (Å²) in [6, 6.07) is 19.8. The van der Waals surface area contributed by atoms with Gasteiger partial charge in [-0.1, -0.05) is 24.3 Å². The first-order valence-corrected chi connectivity index (χ1v) is 23.7. The predicted molar refractivity (Wildman–Crippen MR) is 238 cm³/mol. The van der Waals surface area contributed by atoms with Crippen molar-refractivity contribution in [2.75, 3.05) is 62.7 Å². The second-order valence-corrected chi connectivity index (χ2v) is 19.6. The number of ether oxygens (including phenoxy) is 2. The second-order valence-electron chi connectivity index (χ2n) is 17.9. The van der Waals surface area contributed by atoms with Gasteiger partial charge in [-0.3, -0.25) is 19.8 Å². The van der Waals surface area contributed by atoms with Crippen molar-refractivity contribution >= 4 is 44.2 Å². The fourth-order valence-corrected chi connectivity index (χ4v) is 11.1. The summed E-state index contributed by atoms with van der Waals surface area (Å²) in [5.41, 5.74) is 4.32. The molecule has 0 bridgehead atoms. The van der Waals surface area contributed by atoms with Crippen molar-refractivity contribution in [3.63, 3.8) is 0 Å². The molecule has 5 aliphatic rings. The largest absolute Gasteiger partial charge is 0.455 e. The average Bonchev–Trinajstić information content (AvgIpc) is 4.04. The van der Waals surface area contributed by atoms with E-state index in [9.17, 15) is 23.3 Å². The minimum atomic E-state index is -4.60. The van der Waals surface area contributed by atoms with E-state index in [1.54, 1.807) is 24.4 Å². The molecule has 63 heavy (non-hydrogen) atoms. The zero-order valence-electron chi connectivity index (χ0n) is 35.1. The number of fused-ring (bicyclic) bond motifs is 1. The first-order valence-electron chi connectivity index (χ1n) is 22.2. The van der Waals surface area contributed by atoms with E-state index in [-0.39, 0.29) is 23.0 Å². The Morgan fingerprint density at radius 2 is 1.76 bits per heavy atom. The monoisotopic (exact) mass is 875 g/mol. The van der Waals surface area contributed by atoms with Gasteiger partial charge in [0.05, 0.1) is 22.9 Å². The van der Waals surface area contributed by atoms with Crippen LogP contribution in [0.1, 0.15) is 84.8 Å². The minimum Gasteiger partial charge on any atom is -0.455 e. The highest BCUT2D eigenvalue weighted by atomic mass is 32.2. The quantitative estimate of drug-likeness (QED) is 0.0706. The molecule has 0 radical (unpaired) electrons. The number of pyridine rings is 2. The normalized spacial score (nSPS) is 21.0. The number of carbonyl (C=O) groups is 1. The molecule has 2 aliphatic carbocycles. The van der Waals surface area contributed by atoms with Crippen LogP contribution >= 0.6 is 0 Å². The number of nitro groups is 1. The number of anilines is 2. The summed E-state index contributed by atoms with van der Waals surface area (Å²) in [4.78, 5) is 41.5. The lowest BCUT2D eigenvalue weighted by atomic mass is 9.59. The number of aromatic amines is 1. The molecule has 2 saturated carbocycles. The Morgan fingerprint density at radius 3 is 2.54 bits per heavy atom. The fraction of sp³-hybridized carbons (Fsp3) is 0.457. The van der Waals surface area contributed by atoms with E-state index in [0.717, 1.165) is 81.7 Å². The highest BCUT2D eigenvalue weighted by Gasteiger charge is 2.50. The molecule has 3 saturated heterocycles. The first-order chi connectivity index (χ1) is 30.6. The maximum atomic E-state index is 13.9. The maximum absolute atomic E-state index is 13.9. The molecular formula is C46H53N9O7S. The summed E-state index contributed by atoms with van der Waals surface area (Å²) in [7, 11) is -4.60. The van der Waals surface area contributed by atoms with Crippen molar-refractivity contribution in [1.29, 1.82) is 0 Å². The highest BCUT2D eigenvalue weighted by molar-refractivity contribution is 7.90. The summed E-state index contributed by atoms with van der Waals surface area (Å²) in [5.74, 6) is 0.463. The Kier molecular flexibility index (Phi) is 11.3. The number of piperidine rings is 1. The zero-order valence-corrected chi connectivity index (χ0v) is 35.9. The molecule has 2 aromatic carbocycles. The van der Waals surface area contributed by atoms with E-state index in [0.29, 0.717) is 54.6 Å². The Morgan fingerprint density at radius 1 is 0.968 bits per heavy atom.